The highest BCUT2D eigenvalue weighted by molar-refractivity contribution is 5.81. The number of nitrogens with zero attached hydrogens (tertiary/aromatic N) is 3. The lowest BCUT2D eigenvalue weighted by Gasteiger charge is -2.09. The van der Waals surface area contributed by atoms with Gasteiger partial charge in [-0.2, -0.15) is 4.79 Å². The molecule has 0 unspecified atom stereocenters. The van der Waals surface area contributed by atoms with Crippen LogP contribution in [0.4, 0.5) is 4.79 Å². The maximum absolute atomic E-state index is 11.9. The molecule has 0 saturated heterocycles. The number of nitrogens with one attached hydrogen (secondary N) is 3. The van der Waals surface area contributed by atoms with E-state index in [9.17, 15) is 9.59 Å². The highest BCUT2D eigenvalue weighted by Crippen LogP contribution is 2.18. The van der Waals surface area contributed by atoms with Gasteiger partial charge in [0.25, 0.3) is 5.56 Å². The highest BCUT2D eigenvalue weighted by Gasteiger charge is 2.06. The third kappa shape index (κ3) is 3.45. The Bertz CT molecular complexity index is 1150. The molecule has 27 heavy (non-hydrogen) atoms. The molecule has 4 rings (SSSR count). The van der Waals surface area contributed by atoms with Crippen molar-refractivity contribution >= 4 is 17.1 Å². The lowest BCUT2D eigenvalue weighted by molar-refractivity contribution is 0.248. The van der Waals surface area contributed by atoms with Crippen molar-refractivity contribution in [3.05, 3.63) is 82.5 Å². The summed E-state index contributed by atoms with van der Waals surface area (Å²) in [5.41, 5.74) is 6.75. The number of benzene rings is 2. The molecule has 0 atom stereocenters. The van der Waals surface area contributed by atoms with Crippen LogP contribution in [0.1, 0.15) is 11.1 Å². The van der Waals surface area contributed by atoms with Crippen molar-refractivity contribution in [1.82, 2.24) is 24.8 Å². The second-order valence-electron chi connectivity index (χ2n) is 6.19. The van der Waals surface area contributed by atoms with Gasteiger partial charge in [-0.25, -0.2) is 20.3 Å². The van der Waals surface area contributed by atoms with Gasteiger partial charge in [-0.3, -0.25) is 9.36 Å². The number of aromatic amines is 1. The summed E-state index contributed by atoms with van der Waals surface area (Å²) in [4.78, 5) is 28.9. The molecule has 0 radical (unpaired) electrons. The zero-order chi connectivity index (χ0) is 18.8. The van der Waals surface area contributed by atoms with Crippen LogP contribution in [0, 0.1) is 6.92 Å². The molecular weight excluding hydrogens is 344 g/mol. The van der Waals surface area contributed by atoms with Crippen molar-refractivity contribution in [2.45, 2.75) is 13.5 Å². The van der Waals surface area contributed by atoms with Gasteiger partial charge >= 0.3 is 6.03 Å². The van der Waals surface area contributed by atoms with E-state index in [0.717, 1.165) is 22.3 Å². The minimum Gasteiger partial charge on any atom is -0.333 e. The first-order valence-corrected chi connectivity index (χ1v) is 8.45. The van der Waals surface area contributed by atoms with Crippen molar-refractivity contribution in [3.8, 4) is 5.69 Å². The fraction of sp³-hybridized carbons (Fsp3) is 0.105. The molecule has 0 spiro atoms. The van der Waals surface area contributed by atoms with Crippen molar-refractivity contribution < 1.29 is 4.79 Å². The van der Waals surface area contributed by atoms with E-state index in [1.54, 1.807) is 13.3 Å². The number of carbonyl (C=O) groups is 1. The Morgan fingerprint density at radius 1 is 1.15 bits per heavy atom. The number of hydrogen-bond donors (Lipinski definition) is 3. The molecular formula is C19H18N6O2. The zero-order valence-electron chi connectivity index (χ0n) is 14.6. The summed E-state index contributed by atoms with van der Waals surface area (Å²) in [5, 5.41) is 5.24. The normalized spacial score (nSPS) is 10.9. The fourth-order valence-corrected chi connectivity index (χ4v) is 2.81. The van der Waals surface area contributed by atoms with E-state index in [-0.39, 0.29) is 5.56 Å². The maximum Gasteiger partial charge on any atom is 0.335 e. The number of aryl methyl sites for hydroxylation is 1. The van der Waals surface area contributed by atoms with Gasteiger partial charge in [-0.05, 0) is 36.8 Å². The fourth-order valence-electron chi connectivity index (χ4n) is 2.81. The zero-order valence-corrected chi connectivity index (χ0v) is 14.6. The molecule has 0 saturated carbocycles. The number of imidazole rings is 1. The minimum absolute atomic E-state index is 0.238. The Hall–Kier alpha value is -3.81. The van der Waals surface area contributed by atoms with Gasteiger partial charge < -0.3 is 5.32 Å². The Morgan fingerprint density at radius 3 is 2.67 bits per heavy atom. The molecule has 0 fully saturated rings. The van der Waals surface area contributed by atoms with Crippen molar-refractivity contribution in [1.29, 1.82) is 0 Å². The largest absolute Gasteiger partial charge is 0.335 e. The van der Waals surface area contributed by atoms with Gasteiger partial charge in [-0.1, -0.05) is 24.3 Å². The van der Waals surface area contributed by atoms with Crippen LogP contribution in [0.3, 0.4) is 0 Å². The molecule has 0 aliphatic rings. The lowest BCUT2D eigenvalue weighted by atomic mass is 10.2. The average molecular weight is 362 g/mol. The molecule has 2 aromatic carbocycles. The number of hydrogen-bond acceptors (Lipinski definition) is 3. The van der Waals surface area contributed by atoms with E-state index < -0.39 is 6.03 Å². The van der Waals surface area contributed by atoms with Crippen LogP contribution in [0.5, 0.6) is 0 Å². The van der Waals surface area contributed by atoms with Crippen molar-refractivity contribution in [2.24, 2.45) is 0 Å². The van der Waals surface area contributed by atoms with Crippen LogP contribution in [0.25, 0.3) is 16.7 Å². The molecule has 0 aliphatic carbocycles. The molecule has 4 aromatic rings. The minimum atomic E-state index is -0.411. The van der Waals surface area contributed by atoms with E-state index in [2.05, 4.69) is 20.8 Å². The Kier molecular flexibility index (Phi) is 4.21. The molecule has 136 valence electrons. The van der Waals surface area contributed by atoms with Gasteiger partial charge in [0.1, 0.15) is 6.33 Å². The van der Waals surface area contributed by atoms with Crippen LogP contribution in [-0.4, -0.2) is 25.5 Å². The first kappa shape index (κ1) is 16.6. The summed E-state index contributed by atoms with van der Waals surface area (Å²) in [5.74, 6) is 0. The first-order valence-electron chi connectivity index (χ1n) is 8.45. The quantitative estimate of drug-likeness (QED) is 0.520. The SMILES string of the molecule is Cc1cn(NC(=O)NCc2ccc(-n3cnc4ccccc43)cc2)[nH]c1=O. The molecule has 8 nitrogen and oxygen atoms in total. The van der Waals surface area contributed by atoms with Crippen LogP contribution in [0.15, 0.2) is 65.8 Å². The van der Waals surface area contributed by atoms with E-state index in [0.29, 0.717) is 12.1 Å². The van der Waals surface area contributed by atoms with E-state index >= 15 is 0 Å². The first-order chi connectivity index (χ1) is 13.1. The Morgan fingerprint density at radius 2 is 1.93 bits per heavy atom. The van der Waals surface area contributed by atoms with Crippen LogP contribution >= 0.6 is 0 Å². The van der Waals surface area contributed by atoms with E-state index in [4.69, 9.17) is 0 Å². The Balaban J connectivity index is 1.40. The molecule has 2 amide bonds. The van der Waals surface area contributed by atoms with Gasteiger partial charge in [-0.15, -0.1) is 0 Å². The number of urea groups is 1. The summed E-state index contributed by atoms with van der Waals surface area (Å²) < 4.78 is 2.02. The maximum atomic E-state index is 11.9. The summed E-state index contributed by atoms with van der Waals surface area (Å²) in [7, 11) is 0. The van der Waals surface area contributed by atoms with Gasteiger partial charge in [0.05, 0.1) is 17.2 Å². The third-order valence-corrected chi connectivity index (χ3v) is 4.25. The molecule has 0 aliphatic heterocycles. The smallest absolute Gasteiger partial charge is 0.333 e. The van der Waals surface area contributed by atoms with Gasteiger partial charge in [0, 0.05) is 17.8 Å². The molecule has 2 aromatic heterocycles. The second kappa shape index (κ2) is 6.83. The number of para-hydroxylation sites is 2. The number of amides is 2. The number of fused-ring (bicyclic) bond motifs is 1. The van der Waals surface area contributed by atoms with E-state index in [1.165, 1.54) is 11.0 Å². The van der Waals surface area contributed by atoms with Gasteiger partial charge in [0.2, 0.25) is 0 Å². The number of aromatic nitrogens is 4. The van der Waals surface area contributed by atoms with Crippen LogP contribution in [0.2, 0.25) is 0 Å². The summed E-state index contributed by atoms with van der Waals surface area (Å²) >= 11 is 0. The number of carbonyl (C=O) groups excluding carboxylic acids is 1. The predicted octanol–water partition coefficient (Wildman–Crippen LogP) is 2.28. The average Bonchev–Trinajstić information content (AvgIpc) is 3.23. The Labute approximate surface area is 154 Å². The van der Waals surface area contributed by atoms with Gasteiger partial charge in [0.15, 0.2) is 0 Å². The highest BCUT2D eigenvalue weighted by atomic mass is 16.2. The second-order valence-corrected chi connectivity index (χ2v) is 6.19. The molecule has 0 bridgehead atoms. The van der Waals surface area contributed by atoms with Crippen molar-refractivity contribution in [2.75, 3.05) is 5.43 Å². The van der Waals surface area contributed by atoms with E-state index in [1.807, 2.05) is 53.1 Å². The molecule has 2 heterocycles. The van der Waals surface area contributed by atoms with Crippen LogP contribution < -0.4 is 16.3 Å². The monoisotopic (exact) mass is 362 g/mol. The molecule has 3 N–H and O–H groups in total. The van der Waals surface area contributed by atoms with Crippen LogP contribution in [-0.2, 0) is 6.54 Å². The topological polar surface area (TPSA) is 96.7 Å². The summed E-state index contributed by atoms with van der Waals surface area (Å²) in [6, 6.07) is 15.4. The number of H-pyrrole nitrogens is 1. The molecule has 8 heteroatoms. The number of rotatable bonds is 4. The third-order valence-electron chi connectivity index (χ3n) is 4.25. The summed E-state index contributed by atoms with van der Waals surface area (Å²) in [6.07, 6.45) is 3.32. The lowest BCUT2D eigenvalue weighted by Crippen LogP contribution is -2.34. The van der Waals surface area contributed by atoms with Crippen molar-refractivity contribution in [3.63, 3.8) is 0 Å². The predicted molar refractivity (Wildman–Crippen MR) is 102 cm³/mol. The standard InChI is InChI=1S/C19H18N6O2/c1-13-11-25(22-18(13)26)23-19(27)20-10-14-6-8-15(9-7-14)24-12-21-16-4-2-3-5-17(16)24/h2-9,11-12H,10H2,1H3,(H,22,26)(H2,20,23,27). The summed E-state index contributed by atoms with van der Waals surface area (Å²) in [6.45, 7) is 2.03.